The van der Waals surface area contributed by atoms with Crippen molar-refractivity contribution < 1.29 is 4.79 Å². The Labute approximate surface area is 101 Å². The van der Waals surface area contributed by atoms with Crippen molar-refractivity contribution in [1.82, 2.24) is 14.7 Å². The highest BCUT2D eigenvalue weighted by Crippen LogP contribution is 2.15. The zero-order valence-corrected chi connectivity index (χ0v) is 10.1. The van der Waals surface area contributed by atoms with E-state index in [0.717, 1.165) is 31.5 Å². The van der Waals surface area contributed by atoms with Crippen LogP contribution in [0, 0.1) is 0 Å². The van der Waals surface area contributed by atoms with Gasteiger partial charge in [-0.25, -0.2) is 4.79 Å². The Morgan fingerprint density at radius 1 is 1.47 bits per heavy atom. The molecular formula is C11H19N5O. The van der Waals surface area contributed by atoms with Gasteiger partial charge >= 0.3 is 6.03 Å². The molecule has 6 heteroatoms. The first kappa shape index (κ1) is 11.9. The monoisotopic (exact) mass is 237 g/mol. The largest absolute Gasteiger partial charge is 0.326 e. The minimum atomic E-state index is -0.0528. The van der Waals surface area contributed by atoms with Crippen LogP contribution in [0.15, 0.2) is 6.20 Å². The van der Waals surface area contributed by atoms with Crippen molar-refractivity contribution in [3.63, 3.8) is 0 Å². The minimum absolute atomic E-state index is 0.0528. The van der Waals surface area contributed by atoms with Gasteiger partial charge in [-0.2, -0.15) is 5.10 Å². The van der Waals surface area contributed by atoms with E-state index in [1.54, 1.807) is 17.9 Å². The summed E-state index contributed by atoms with van der Waals surface area (Å²) in [7, 11) is 1.80. The quantitative estimate of drug-likeness (QED) is 0.802. The third-order valence-electron chi connectivity index (χ3n) is 3.10. The van der Waals surface area contributed by atoms with Crippen molar-refractivity contribution in [2.45, 2.75) is 25.8 Å². The number of nitrogens with two attached hydrogens (primary N) is 1. The highest BCUT2D eigenvalue weighted by Gasteiger charge is 2.18. The van der Waals surface area contributed by atoms with Gasteiger partial charge < -0.3 is 10.6 Å². The van der Waals surface area contributed by atoms with Gasteiger partial charge in [-0.05, 0) is 19.3 Å². The lowest BCUT2D eigenvalue weighted by atomic mass is 10.1. The van der Waals surface area contributed by atoms with Crippen molar-refractivity contribution in [2.24, 2.45) is 12.8 Å². The van der Waals surface area contributed by atoms with Crippen LogP contribution in [-0.2, 0) is 13.6 Å². The van der Waals surface area contributed by atoms with Crippen LogP contribution in [0.25, 0.3) is 0 Å². The fourth-order valence-corrected chi connectivity index (χ4v) is 2.07. The molecule has 2 amide bonds. The number of rotatable bonds is 2. The van der Waals surface area contributed by atoms with Gasteiger partial charge in [0, 0.05) is 32.2 Å². The minimum Gasteiger partial charge on any atom is -0.326 e. The van der Waals surface area contributed by atoms with E-state index in [1.165, 1.54) is 6.42 Å². The molecule has 17 heavy (non-hydrogen) atoms. The predicted molar refractivity (Wildman–Crippen MR) is 65.5 cm³/mol. The molecule has 1 saturated heterocycles. The number of urea groups is 1. The van der Waals surface area contributed by atoms with Crippen LogP contribution in [-0.4, -0.2) is 33.8 Å². The van der Waals surface area contributed by atoms with Gasteiger partial charge in [-0.15, -0.1) is 0 Å². The Morgan fingerprint density at radius 3 is 2.82 bits per heavy atom. The predicted octanol–water partition coefficient (Wildman–Crippen LogP) is 0.897. The molecule has 6 nitrogen and oxygen atoms in total. The van der Waals surface area contributed by atoms with E-state index in [-0.39, 0.29) is 6.03 Å². The van der Waals surface area contributed by atoms with Crippen LogP contribution in [0.1, 0.15) is 24.8 Å². The van der Waals surface area contributed by atoms with E-state index >= 15 is 0 Å². The van der Waals surface area contributed by atoms with Crippen LogP contribution in [0.4, 0.5) is 10.6 Å². The SMILES string of the molecule is Cn1ncc(CN)c1NC(=O)N1CCCCC1. The number of likely N-dealkylation sites (tertiary alicyclic amines) is 1. The molecule has 0 spiro atoms. The van der Waals surface area contributed by atoms with Crippen LogP contribution in [0.3, 0.4) is 0 Å². The third kappa shape index (κ3) is 2.58. The number of hydrogen-bond acceptors (Lipinski definition) is 3. The van der Waals surface area contributed by atoms with Gasteiger partial charge in [-0.3, -0.25) is 10.00 Å². The molecule has 2 heterocycles. The van der Waals surface area contributed by atoms with Gasteiger partial charge in [0.1, 0.15) is 5.82 Å². The third-order valence-corrected chi connectivity index (χ3v) is 3.10. The van der Waals surface area contributed by atoms with E-state index in [0.29, 0.717) is 12.4 Å². The van der Waals surface area contributed by atoms with Gasteiger partial charge in [0.05, 0.1) is 6.20 Å². The number of nitrogens with zero attached hydrogens (tertiary/aromatic N) is 3. The van der Waals surface area contributed by atoms with Gasteiger partial charge in [0.2, 0.25) is 0 Å². The molecule has 94 valence electrons. The Balaban J connectivity index is 2.04. The van der Waals surface area contributed by atoms with E-state index in [2.05, 4.69) is 10.4 Å². The lowest BCUT2D eigenvalue weighted by Crippen LogP contribution is -2.39. The molecular weight excluding hydrogens is 218 g/mol. The molecule has 1 aromatic heterocycles. The molecule has 0 aromatic carbocycles. The number of carbonyl (C=O) groups excluding carboxylic acids is 1. The summed E-state index contributed by atoms with van der Waals surface area (Å²) in [4.78, 5) is 13.9. The molecule has 0 bridgehead atoms. The number of anilines is 1. The van der Waals surface area contributed by atoms with E-state index in [4.69, 9.17) is 5.73 Å². The van der Waals surface area contributed by atoms with Crippen molar-refractivity contribution in [3.05, 3.63) is 11.8 Å². The van der Waals surface area contributed by atoms with E-state index in [1.807, 2.05) is 4.90 Å². The Hall–Kier alpha value is -1.56. The molecule has 0 aliphatic carbocycles. The zero-order chi connectivity index (χ0) is 12.3. The van der Waals surface area contributed by atoms with Crippen molar-refractivity contribution in [1.29, 1.82) is 0 Å². The van der Waals surface area contributed by atoms with E-state index < -0.39 is 0 Å². The number of hydrogen-bond donors (Lipinski definition) is 2. The average Bonchev–Trinajstić information content (AvgIpc) is 2.71. The number of aryl methyl sites for hydroxylation is 1. The Bertz CT molecular complexity index is 395. The number of amides is 2. The smallest absolute Gasteiger partial charge is 0.323 e. The standard InChI is InChI=1S/C11H19N5O/c1-15-10(9(7-12)8-13-15)14-11(17)16-5-3-2-4-6-16/h8H,2-7,12H2,1H3,(H,14,17). The summed E-state index contributed by atoms with van der Waals surface area (Å²) in [6.07, 6.45) is 5.07. The maximum atomic E-state index is 12.0. The summed E-state index contributed by atoms with van der Waals surface area (Å²) in [5.74, 6) is 0.697. The highest BCUT2D eigenvalue weighted by atomic mass is 16.2. The molecule has 0 saturated carbocycles. The maximum absolute atomic E-state index is 12.0. The molecule has 1 aliphatic rings. The Kier molecular flexibility index (Phi) is 3.63. The fraction of sp³-hybridized carbons (Fsp3) is 0.636. The van der Waals surface area contributed by atoms with Crippen molar-refractivity contribution in [3.8, 4) is 0 Å². The maximum Gasteiger partial charge on any atom is 0.323 e. The molecule has 2 rings (SSSR count). The van der Waals surface area contributed by atoms with Gasteiger partial charge in [0.15, 0.2) is 0 Å². The van der Waals surface area contributed by atoms with Crippen LogP contribution >= 0.6 is 0 Å². The second-order valence-electron chi connectivity index (χ2n) is 4.32. The first-order valence-corrected chi connectivity index (χ1v) is 5.99. The molecule has 1 aliphatic heterocycles. The zero-order valence-electron chi connectivity index (χ0n) is 10.1. The average molecular weight is 237 g/mol. The second kappa shape index (κ2) is 5.18. The van der Waals surface area contributed by atoms with E-state index in [9.17, 15) is 4.79 Å². The highest BCUT2D eigenvalue weighted by molar-refractivity contribution is 5.89. The fourth-order valence-electron chi connectivity index (χ4n) is 2.07. The lowest BCUT2D eigenvalue weighted by Gasteiger charge is -2.26. The van der Waals surface area contributed by atoms with Crippen LogP contribution < -0.4 is 11.1 Å². The first-order valence-electron chi connectivity index (χ1n) is 5.99. The summed E-state index contributed by atoms with van der Waals surface area (Å²) >= 11 is 0. The summed E-state index contributed by atoms with van der Waals surface area (Å²) in [6, 6.07) is -0.0528. The summed E-state index contributed by atoms with van der Waals surface area (Å²) in [5, 5.41) is 6.98. The lowest BCUT2D eigenvalue weighted by molar-refractivity contribution is 0.200. The van der Waals surface area contributed by atoms with Crippen molar-refractivity contribution >= 4 is 11.8 Å². The molecule has 1 fully saturated rings. The number of piperidine rings is 1. The molecule has 0 unspecified atom stereocenters. The van der Waals surface area contributed by atoms with Crippen molar-refractivity contribution in [2.75, 3.05) is 18.4 Å². The topological polar surface area (TPSA) is 76.2 Å². The summed E-state index contributed by atoms with van der Waals surface area (Å²) in [5.41, 5.74) is 6.46. The molecule has 3 N–H and O–H groups in total. The number of nitrogens with one attached hydrogen (secondary N) is 1. The second-order valence-corrected chi connectivity index (χ2v) is 4.32. The molecule has 0 atom stereocenters. The number of carbonyl (C=O) groups is 1. The Morgan fingerprint density at radius 2 is 2.18 bits per heavy atom. The summed E-state index contributed by atoms with van der Waals surface area (Å²) in [6.45, 7) is 2.05. The number of aromatic nitrogens is 2. The van der Waals surface area contributed by atoms with Crippen LogP contribution in [0.2, 0.25) is 0 Å². The van der Waals surface area contributed by atoms with Crippen LogP contribution in [0.5, 0.6) is 0 Å². The van der Waals surface area contributed by atoms with Gasteiger partial charge in [0.25, 0.3) is 0 Å². The normalized spacial score (nSPS) is 16.0. The molecule has 1 aromatic rings. The first-order chi connectivity index (χ1) is 8.22. The summed E-state index contributed by atoms with van der Waals surface area (Å²) < 4.78 is 1.64. The molecule has 0 radical (unpaired) electrons. The van der Waals surface area contributed by atoms with Gasteiger partial charge in [-0.1, -0.05) is 0 Å².